The summed E-state index contributed by atoms with van der Waals surface area (Å²) in [5, 5.41) is 0.571. The van der Waals surface area contributed by atoms with Crippen LogP contribution in [0.15, 0.2) is 47.3 Å². The predicted molar refractivity (Wildman–Crippen MR) is 92.6 cm³/mol. The fraction of sp³-hybridized carbons (Fsp3) is 0.0667. The Bertz CT molecular complexity index is 871. The molecule has 0 atom stereocenters. The lowest BCUT2D eigenvalue weighted by Crippen LogP contribution is -2.26. The van der Waals surface area contributed by atoms with Gasteiger partial charge in [-0.3, -0.25) is 10.2 Å². The second kappa shape index (κ2) is 5.45. The van der Waals surface area contributed by atoms with Gasteiger partial charge in [-0.2, -0.15) is 0 Å². The van der Waals surface area contributed by atoms with Gasteiger partial charge in [0.15, 0.2) is 0 Å². The largest absolute Gasteiger partial charge is 0.293 e. The summed E-state index contributed by atoms with van der Waals surface area (Å²) >= 11 is 2.18. The number of rotatable bonds is 2. The summed E-state index contributed by atoms with van der Waals surface area (Å²) in [4.78, 5) is 17.2. The molecule has 1 heterocycles. The van der Waals surface area contributed by atoms with Crippen molar-refractivity contribution in [1.82, 2.24) is 9.55 Å². The van der Waals surface area contributed by atoms with E-state index in [1.807, 2.05) is 49.4 Å². The van der Waals surface area contributed by atoms with E-state index in [0.717, 1.165) is 14.8 Å². The van der Waals surface area contributed by atoms with Gasteiger partial charge >= 0.3 is 0 Å². The van der Waals surface area contributed by atoms with Crippen molar-refractivity contribution in [3.05, 3.63) is 62.0 Å². The molecule has 0 amide bonds. The summed E-state index contributed by atoms with van der Waals surface area (Å²) in [5.41, 5.74) is 4.84. The van der Waals surface area contributed by atoms with E-state index in [4.69, 9.17) is 5.84 Å². The standard InChI is InChI=1S/C15H13IN4O/c1-9-2-5-11(6-3-9)20-14(21)12-8-10(16)4-7-13(12)18-15(20)19-17/h2-8H,17H2,1H3,(H,18,19). The van der Waals surface area contributed by atoms with Crippen LogP contribution in [0.4, 0.5) is 5.95 Å². The van der Waals surface area contributed by atoms with Crippen LogP contribution < -0.4 is 16.8 Å². The van der Waals surface area contributed by atoms with Gasteiger partial charge in [0.25, 0.3) is 5.56 Å². The van der Waals surface area contributed by atoms with Gasteiger partial charge in [-0.15, -0.1) is 0 Å². The van der Waals surface area contributed by atoms with Crippen LogP contribution in [0.5, 0.6) is 0 Å². The van der Waals surface area contributed by atoms with Gasteiger partial charge in [0.2, 0.25) is 5.95 Å². The van der Waals surface area contributed by atoms with Gasteiger partial charge in [-0.25, -0.2) is 15.4 Å². The van der Waals surface area contributed by atoms with Gasteiger partial charge < -0.3 is 0 Å². The molecule has 0 bridgehead atoms. The summed E-state index contributed by atoms with van der Waals surface area (Å²) in [7, 11) is 0. The molecule has 0 saturated heterocycles. The van der Waals surface area contributed by atoms with Gasteiger partial charge in [-0.05, 0) is 59.8 Å². The molecular weight excluding hydrogens is 379 g/mol. The molecule has 6 heteroatoms. The van der Waals surface area contributed by atoms with E-state index in [9.17, 15) is 4.79 Å². The van der Waals surface area contributed by atoms with Crippen molar-refractivity contribution in [2.24, 2.45) is 5.84 Å². The maximum Gasteiger partial charge on any atom is 0.267 e. The van der Waals surface area contributed by atoms with Crippen LogP contribution in [-0.4, -0.2) is 9.55 Å². The predicted octanol–water partition coefficient (Wildman–Crippen LogP) is 2.58. The van der Waals surface area contributed by atoms with Crippen molar-refractivity contribution in [1.29, 1.82) is 0 Å². The zero-order chi connectivity index (χ0) is 15.0. The highest BCUT2D eigenvalue weighted by molar-refractivity contribution is 14.1. The summed E-state index contributed by atoms with van der Waals surface area (Å²) in [6.07, 6.45) is 0. The molecule has 0 aliphatic carbocycles. The molecule has 106 valence electrons. The molecule has 0 aliphatic rings. The third-order valence-corrected chi connectivity index (χ3v) is 3.92. The van der Waals surface area contributed by atoms with Gasteiger partial charge in [0.05, 0.1) is 16.6 Å². The van der Waals surface area contributed by atoms with Crippen LogP contribution in [0.2, 0.25) is 0 Å². The molecule has 3 rings (SSSR count). The molecule has 0 fully saturated rings. The highest BCUT2D eigenvalue weighted by Gasteiger charge is 2.12. The maximum atomic E-state index is 12.8. The molecule has 0 aliphatic heterocycles. The Morgan fingerprint density at radius 1 is 1.19 bits per heavy atom. The third-order valence-electron chi connectivity index (χ3n) is 3.25. The normalized spacial score (nSPS) is 10.8. The number of hydrogen-bond donors (Lipinski definition) is 2. The molecule has 5 nitrogen and oxygen atoms in total. The molecule has 0 unspecified atom stereocenters. The SMILES string of the molecule is Cc1ccc(-n2c(NN)nc3ccc(I)cc3c2=O)cc1. The number of hydrazine groups is 1. The first-order valence-electron chi connectivity index (χ1n) is 6.36. The summed E-state index contributed by atoms with van der Waals surface area (Å²) in [5.74, 6) is 5.85. The lowest BCUT2D eigenvalue weighted by molar-refractivity contribution is 0.954. The average molecular weight is 392 g/mol. The number of nitrogens with zero attached hydrogens (tertiary/aromatic N) is 2. The first kappa shape index (κ1) is 14.0. The van der Waals surface area contributed by atoms with Crippen molar-refractivity contribution >= 4 is 39.4 Å². The number of hydrogen-bond acceptors (Lipinski definition) is 4. The van der Waals surface area contributed by atoms with E-state index in [-0.39, 0.29) is 5.56 Å². The van der Waals surface area contributed by atoms with Crippen LogP contribution in [0, 0.1) is 10.5 Å². The van der Waals surface area contributed by atoms with Gasteiger partial charge in [0.1, 0.15) is 0 Å². The van der Waals surface area contributed by atoms with Crippen molar-refractivity contribution in [2.45, 2.75) is 6.92 Å². The second-order valence-corrected chi connectivity index (χ2v) is 5.96. The number of fused-ring (bicyclic) bond motifs is 1. The average Bonchev–Trinajstić information content (AvgIpc) is 2.49. The van der Waals surface area contributed by atoms with Crippen LogP contribution in [-0.2, 0) is 0 Å². The quantitative estimate of drug-likeness (QED) is 0.400. The molecule has 2 aromatic carbocycles. The molecule has 0 spiro atoms. The number of anilines is 1. The monoisotopic (exact) mass is 392 g/mol. The molecule has 0 saturated carbocycles. The van der Waals surface area contributed by atoms with E-state index < -0.39 is 0 Å². The van der Waals surface area contributed by atoms with Crippen molar-refractivity contribution < 1.29 is 0 Å². The first-order valence-corrected chi connectivity index (χ1v) is 7.44. The second-order valence-electron chi connectivity index (χ2n) is 4.72. The van der Waals surface area contributed by atoms with Crippen LogP contribution in [0.1, 0.15) is 5.56 Å². The van der Waals surface area contributed by atoms with Gasteiger partial charge in [0, 0.05) is 3.57 Å². The number of benzene rings is 2. The number of aromatic nitrogens is 2. The van der Waals surface area contributed by atoms with Crippen molar-refractivity contribution in [3.63, 3.8) is 0 Å². The number of nitrogens with two attached hydrogens (primary N) is 1. The molecule has 1 aromatic heterocycles. The Hall–Kier alpha value is -1.93. The van der Waals surface area contributed by atoms with Crippen molar-refractivity contribution in [2.75, 3.05) is 5.43 Å². The zero-order valence-corrected chi connectivity index (χ0v) is 13.5. The Morgan fingerprint density at radius 2 is 1.90 bits per heavy atom. The van der Waals surface area contributed by atoms with Crippen molar-refractivity contribution in [3.8, 4) is 5.69 Å². The fourth-order valence-electron chi connectivity index (χ4n) is 2.19. The fourth-order valence-corrected chi connectivity index (χ4v) is 2.68. The Morgan fingerprint density at radius 3 is 2.57 bits per heavy atom. The summed E-state index contributed by atoms with van der Waals surface area (Å²) in [6, 6.07) is 13.2. The van der Waals surface area contributed by atoms with E-state index in [2.05, 4.69) is 33.0 Å². The minimum absolute atomic E-state index is 0.143. The highest BCUT2D eigenvalue weighted by atomic mass is 127. The van der Waals surface area contributed by atoms with Crippen LogP contribution in [0.3, 0.4) is 0 Å². The Labute approximate surface area is 134 Å². The first-order chi connectivity index (χ1) is 10.1. The smallest absolute Gasteiger partial charge is 0.267 e. The molecule has 21 heavy (non-hydrogen) atoms. The van der Waals surface area contributed by atoms with E-state index in [0.29, 0.717) is 16.9 Å². The molecule has 3 N–H and O–H groups in total. The highest BCUT2D eigenvalue weighted by Crippen LogP contribution is 2.18. The zero-order valence-electron chi connectivity index (χ0n) is 11.3. The lowest BCUT2D eigenvalue weighted by Gasteiger charge is -2.13. The number of halogens is 1. The molecule has 0 radical (unpaired) electrons. The minimum Gasteiger partial charge on any atom is -0.293 e. The molecular formula is C15H13IN4O. The Kier molecular flexibility index (Phi) is 3.64. The van der Waals surface area contributed by atoms with E-state index in [1.165, 1.54) is 4.57 Å². The Balaban J connectivity index is 2.37. The van der Waals surface area contributed by atoms with Crippen LogP contribution >= 0.6 is 22.6 Å². The number of nitrogen functional groups attached to an aromatic ring is 1. The van der Waals surface area contributed by atoms with E-state index in [1.54, 1.807) is 0 Å². The third kappa shape index (κ3) is 2.52. The van der Waals surface area contributed by atoms with Gasteiger partial charge in [-0.1, -0.05) is 17.7 Å². The topological polar surface area (TPSA) is 72.9 Å². The van der Waals surface area contributed by atoms with Crippen LogP contribution in [0.25, 0.3) is 16.6 Å². The summed E-state index contributed by atoms with van der Waals surface area (Å²) < 4.78 is 2.47. The minimum atomic E-state index is -0.143. The number of aryl methyl sites for hydroxylation is 1. The number of nitrogens with one attached hydrogen (secondary N) is 1. The molecule has 3 aromatic rings. The summed E-state index contributed by atoms with van der Waals surface area (Å²) in [6.45, 7) is 2.00. The van der Waals surface area contributed by atoms with E-state index >= 15 is 0 Å². The maximum absolute atomic E-state index is 12.8. The lowest BCUT2D eigenvalue weighted by atomic mass is 10.2.